The second-order valence-electron chi connectivity index (χ2n) is 5.45. The van der Waals surface area contributed by atoms with Crippen LogP contribution in [0.5, 0.6) is 5.75 Å². The van der Waals surface area contributed by atoms with Crippen molar-refractivity contribution in [2.45, 2.75) is 37.0 Å². The zero-order valence-corrected chi connectivity index (χ0v) is 12.0. The van der Waals surface area contributed by atoms with Gasteiger partial charge in [0.15, 0.2) is 0 Å². The van der Waals surface area contributed by atoms with Crippen molar-refractivity contribution in [2.75, 3.05) is 18.2 Å². The number of fused-ring (bicyclic) bond motifs is 1. The number of thioether (sulfide) groups is 1. The molecule has 0 radical (unpaired) electrons. The van der Waals surface area contributed by atoms with Gasteiger partial charge in [-0.2, -0.15) is 0 Å². The summed E-state index contributed by atoms with van der Waals surface area (Å²) in [5.41, 5.74) is 0.771. The summed E-state index contributed by atoms with van der Waals surface area (Å²) < 4.78 is 5.26. The average Bonchev–Trinajstić information content (AvgIpc) is 2.58. The van der Waals surface area contributed by atoms with E-state index in [9.17, 15) is 4.79 Å². The molecule has 1 aromatic carbocycles. The Hall–Kier alpha value is -1.16. The standard InChI is InChI=1S/C15H19NO2S/c1-18-11-5-6-12-13(9-11)19-10-15(14(17)16-12)7-3-2-4-8-15/h5-6,9H,2-4,7-8,10H2,1H3,(H,16,17). The number of benzene rings is 1. The number of hydrogen-bond acceptors (Lipinski definition) is 3. The Kier molecular flexibility index (Phi) is 3.44. The monoisotopic (exact) mass is 277 g/mol. The number of ether oxygens (including phenoxy) is 1. The predicted octanol–water partition coefficient (Wildman–Crippen LogP) is 3.69. The van der Waals surface area contributed by atoms with E-state index in [0.29, 0.717) is 0 Å². The van der Waals surface area contributed by atoms with Crippen molar-refractivity contribution >= 4 is 23.4 Å². The van der Waals surface area contributed by atoms with E-state index in [1.165, 1.54) is 19.3 Å². The first-order chi connectivity index (χ1) is 9.23. The summed E-state index contributed by atoms with van der Waals surface area (Å²) >= 11 is 1.78. The van der Waals surface area contributed by atoms with Crippen LogP contribution in [0.1, 0.15) is 32.1 Å². The molecule has 0 atom stereocenters. The summed E-state index contributed by atoms with van der Waals surface area (Å²) in [6.45, 7) is 0. The molecule has 1 N–H and O–H groups in total. The van der Waals surface area contributed by atoms with Crippen LogP contribution < -0.4 is 10.1 Å². The molecule has 4 heteroatoms. The maximum atomic E-state index is 12.6. The fraction of sp³-hybridized carbons (Fsp3) is 0.533. The van der Waals surface area contributed by atoms with Crippen LogP contribution in [0.15, 0.2) is 23.1 Å². The molecule has 1 amide bonds. The molecule has 0 unspecified atom stereocenters. The first-order valence-electron chi connectivity index (χ1n) is 6.86. The number of nitrogens with one attached hydrogen (secondary N) is 1. The first kappa shape index (κ1) is 12.9. The molecule has 0 bridgehead atoms. The van der Waals surface area contributed by atoms with Gasteiger partial charge in [0.1, 0.15) is 5.75 Å². The molecule has 0 saturated heterocycles. The zero-order chi connectivity index (χ0) is 13.3. The fourth-order valence-electron chi connectivity index (χ4n) is 2.99. The molecule has 3 nitrogen and oxygen atoms in total. The van der Waals surface area contributed by atoms with Crippen LogP contribution in [0.4, 0.5) is 5.69 Å². The van der Waals surface area contributed by atoms with Crippen LogP contribution in [0, 0.1) is 5.41 Å². The summed E-state index contributed by atoms with van der Waals surface area (Å²) in [5.74, 6) is 1.95. The Morgan fingerprint density at radius 3 is 2.79 bits per heavy atom. The maximum Gasteiger partial charge on any atom is 0.231 e. The molecular weight excluding hydrogens is 258 g/mol. The minimum atomic E-state index is -0.158. The molecule has 102 valence electrons. The number of amides is 1. The molecule has 19 heavy (non-hydrogen) atoms. The van der Waals surface area contributed by atoms with Gasteiger partial charge in [0.05, 0.1) is 18.2 Å². The predicted molar refractivity (Wildman–Crippen MR) is 77.9 cm³/mol. The van der Waals surface area contributed by atoms with Crippen LogP contribution >= 0.6 is 11.8 Å². The minimum absolute atomic E-state index is 0.158. The molecule has 1 aromatic rings. The van der Waals surface area contributed by atoms with E-state index >= 15 is 0 Å². The van der Waals surface area contributed by atoms with Crippen molar-refractivity contribution in [3.63, 3.8) is 0 Å². The Labute approximate surface area is 118 Å². The van der Waals surface area contributed by atoms with Gasteiger partial charge in [-0.25, -0.2) is 0 Å². The third kappa shape index (κ3) is 2.34. The van der Waals surface area contributed by atoms with E-state index in [4.69, 9.17) is 4.74 Å². The second kappa shape index (κ2) is 5.08. The summed E-state index contributed by atoms with van der Waals surface area (Å²) in [7, 11) is 1.67. The van der Waals surface area contributed by atoms with E-state index in [1.807, 2.05) is 18.2 Å². The van der Waals surface area contributed by atoms with E-state index in [-0.39, 0.29) is 11.3 Å². The smallest absolute Gasteiger partial charge is 0.231 e. The van der Waals surface area contributed by atoms with Crippen LogP contribution in [-0.4, -0.2) is 18.8 Å². The molecular formula is C15H19NO2S. The molecule has 2 aliphatic rings. The third-order valence-corrected chi connectivity index (χ3v) is 5.58. The molecule has 1 aliphatic heterocycles. The molecule has 1 fully saturated rings. The Bertz CT molecular complexity index is 495. The van der Waals surface area contributed by atoms with Gasteiger partial charge in [0, 0.05) is 10.6 Å². The van der Waals surface area contributed by atoms with Crippen LogP contribution in [0.2, 0.25) is 0 Å². The van der Waals surface area contributed by atoms with Crippen molar-refractivity contribution in [1.29, 1.82) is 0 Å². The Morgan fingerprint density at radius 1 is 1.26 bits per heavy atom. The zero-order valence-electron chi connectivity index (χ0n) is 11.2. The van der Waals surface area contributed by atoms with Gasteiger partial charge in [0.25, 0.3) is 0 Å². The third-order valence-electron chi connectivity index (χ3n) is 4.23. The molecule has 1 heterocycles. The number of methoxy groups -OCH3 is 1. The van der Waals surface area contributed by atoms with Gasteiger partial charge >= 0.3 is 0 Å². The highest BCUT2D eigenvalue weighted by Crippen LogP contribution is 2.46. The largest absolute Gasteiger partial charge is 0.497 e. The van der Waals surface area contributed by atoms with Crippen molar-refractivity contribution in [2.24, 2.45) is 5.41 Å². The number of rotatable bonds is 1. The van der Waals surface area contributed by atoms with Gasteiger partial charge in [-0.15, -0.1) is 11.8 Å². The number of carbonyl (C=O) groups is 1. The number of anilines is 1. The fourth-order valence-corrected chi connectivity index (χ4v) is 4.31. The Balaban J connectivity index is 1.90. The van der Waals surface area contributed by atoms with Gasteiger partial charge in [-0.3, -0.25) is 4.79 Å². The second-order valence-corrected chi connectivity index (χ2v) is 6.46. The summed E-state index contributed by atoms with van der Waals surface area (Å²) in [4.78, 5) is 13.7. The lowest BCUT2D eigenvalue weighted by atomic mass is 9.75. The van der Waals surface area contributed by atoms with Crippen LogP contribution in [0.3, 0.4) is 0 Å². The highest BCUT2D eigenvalue weighted by atomic mass is 32.2. The lowest BCUT2D eigenvalue weighted by Crippen LogP contribution is -2.39. The van der Waals surface area contributed by atoms with Gasteiger partial charge in [-0.1, -0.05) is 19.3 Å². The van der Waals surface area contributed by atoms with E-state index < -0.39 is 0 Å². The quantitative estimate of drug-likeness (QED) is 0.850. The topological polar surface area (TPSA) is 38.3 Å². The summed E-state index contributed by atoms with van der Waals surface area (Å²) in [5, 5.41) is 3.12. The van der Waals surface area contributed by atoms with Crippen molar-refractivity contribution in [3.05, 3.63) is 18.2 Å². The SMILES string of the molecule is COc1ccc2c(c1)SCC1(CCCCC1)C(=O)N2. The molecule has 1 aliphatic carbocycles. The van der Waals surface area contributed by atoms with Gasteiger partial charge < -0.3 is 10.1 Å². The summed E-state index contributed by atoms with van der Waals surface area (Å²) in [6.07, 6.45) is 5.66. The minimum Gasteiger partial charge on any atom is -0.497 e. The first-order valence-corrected chi connectivity index (χ1v) is 7.84. The van der Waals surface area contributed by atoms with Crippen molar-refractivity contribution in [3.8, 4) is 5.75 Å². The van der Waals surface area contributed by atoms with Crippen molar-refractivity contribution < 1.29 is 9.53 Å². The molecule has 1 saturated carbocycles. The average molecular weight is 277 g/mol. The van der Waals surface area contributed by atoms with Crippen LogP contribution in [0.25, 0.3) is 0 Å². The molecule has 1 spiro atoms. The molecule has 3 rings (SSSR count). The van der Waals surface area contributed by atoms with E-state index in [1.54, 1.807) is 18.9 Å². The highest BCUT2D eigenvalue weighted by molar-refractivity contribution is 7.99. The van der Waals surface area contributed by atoms with Gasteiger partial charge in [-0.05, 0) is 31.0 Å². The van der Waals surface area contributed by atoms with E-state index in [0.717, 1.165) is 34.9 Å². The highest BCUT2D eigenvalue weighted by Gasteiger charge is 2.41. The molecule has 0 aromatic heterocycles. The lowest BCUT2D eigenvalue weighted by Gasteiger charge is -2.33. The number of carbonyl (C=O) groups excluding carboxylic acids is 1. The van der Waals surface area contributed by atoms with Crippen molar-refractivity contribution in [1.82, 2.24) is 0 Å². The van der Waals surface area contributed by atoms with E-state index in [2.05, 4.69) is 5.32 Å². The Morgan fingerprint density at radius 2 is 2.05 bits per heavy atom. The van der Waals surface area contributed by atoms with Crippen LogP contribution in [-0.2, 0) is 4.79 Å². The maximum absolute atomic E-state index is 12.6. The van der Waals surface area contributed by atoms with Gasteiger partial charge in [0.2, 0.25) is 5.91 Å². The lowest BCUT2D eigenvalue weighted by molar-refractivity contribution is -0.126. The number of hydrogen-bond donors (Lipinski definition) is 1. The summed E-state index contributed by atoms with van der Waals surface area (Å²) in [6, 6.07) is 5.86. The normalized spacial score (nSPS) is 21.4.